The first kappa shape index (κ1) is 10.2. The van der Waals surface area contributed by atoms with Crippen molar-refractivity contribution in [3.8, 4) is 0 Å². The Labute approximate surface area is 72.7 Å². The molecule has 0 aliphatic heterocycles. The van der Waals surface area contributed by atoms with Crippen molar-refractivity contribution in [2.75, 3.05) is 7.05 Å². The first-order chi connectivity index (χ1) is 5.11. The third kappa shape index (κ3) is 3.83. The SMILES string of the molecule is C=NC(/C=C(/Cl)NC)=C(C)C. The van der Waals surface area contributed by atoms with Crippen molar-refractivity contribution >= 4 is 18.3 Å². The second-order valence-electron chi connectivity index (χ2n) is 2.29. The second kappa shape index (κ2) is 4.97. The number of hydrogen-bond acceptors (Lipinski definition) is 2. The zero-order valence-electron chi connectivity index (χ0n) is 7.11. The highest BCUT2D eigenvalue weighted by atomic mass is 35.5. The molecule has 0 bridgehead atoms. The van der Waals surface area contributed by atoms with Crippen LogP contribution in [0.4, 0.5) is 0 Å². The van der Waals surface area contributed by atoms with Crippen LogP contribution >= 0.6 is 11.6 Å². The summed E-state index contributed by atoms with van der Waals surface area (Å²) >= 11 is 5.71. The van der Waals surface area contributed by atoms with Crippen LogP contribution in [-0.2, 0) is 0 Å². The molecular weight excluding hydrogens is 160 g/mol. The first-order valence-electron chi connectivity index (χ1n) is 3.31. The maximum absolute atomic E-state index is 5.71. The molecule has 0 atom stereocenters. The fraction of sp³-hybridized carbons (Fsp3) is 0.375. The summed E-state index contributed by atoms with van der Waals surface area (Å²) < 4.78 is 0. The molecule has 0 rings (SSSR count). The van der Waals surface area contributed by atoms with Gasteiger partial charge in [0.2, 0.25) is 0 Å². The quantitative estimate of drug-likeness (QED) is 0.394. The van der Waals surface area contributed by atoms with Crippen LogP contribution in [0, 0.1) is 0 Å². The summed E-state index contributed by atoms with van der Waals surface area (Å²) in [5, 5.41) is 3.35. The first-order valence-corrected chi connectivity index (χ1v) is 3.68. The monoisotopic (exact) mass is 172 g/mol. The molecule has 0 aromatic heterocycles. The van der Waals surface area contributed by atoms with Gasteiger partial charge in [0.05, 0.1) is 5.70 Å². The van der Waals surface area contributed by atoms with Crippen LogP contribution in [0.2, 0.25) is 0 Å². The lowest BCUT2D eigenvalue weighted by Gasteiger charge is -1.98. The molecule has 1 N–H and O–H groups in total. The molecule has 0 aromatic carbocycles. The van der Waals surface area contributed by atoms with E-state index < -0.39 is 0 Å². The van der Waals surface area contributed by atoms with Crippen LogP contribution in [0.5, 0.6) is 0 Å². The zero-order valence-corrected chi connectivity index (χ0v) is 7.87. The van der Waals surface area contributed by atoms with E-state index in [4.69, 9.17) is 11.6 Å². The molecular formula is C8H13ClN2. The van der Waals surface area contributed by atoms with Gasteiger partial charge < -0.3 is 5.32 Å². The molecule has 0 unspecified atom stereocenters. The Bertz CT molecular complexity index is 200. The Morgan fingerprint density at radius 2 is 2.09 bits per heavy atom. The molecule has 0 aliphatic carbocycles. The van der Waals surface area contributed by atoms with Gasteiger partial charge in [-0.2, -0.15) is 0 Å². The molecule has 0 aliphatic rings. The maximum Gasteiger partial charge on any atom is 0.104 e. The Balaban J connectivity index is 4.57. The Hall–Kier alpha value is -0.760. The molecule has 3 heteroatoms. The second-order valence-corrected chi connectivity index (χ2v) is 2.69. The van der Waals surface area contributed by atoms with Gasteiger partial charge in [0.1, 0.15) is 5.16 Å². The lowest BCUT2D eigenvalue weighted by atomic mass is 10.2. The average Bonchev–Trinajstić information content (AvgIpc) is 1.99. The lowest BCUT2D eigenvalue weighted by Crippen LogP contribution is -1.99. The van der Waals surface area contributed by atoms with Gasteiger partial charge in [0.25, 0.3) is 0 Å². The molecule has 0 amide bonds. The average molecular weight is 173 g/mol. The van der Waals surface area contributed by atoms with E-state index in [1.165, 1.54) is 0 Å². The molecule has 0 aromatic rings. The molecule has 0 radical (unpaired) electrons. The van der Waals surface area contributed by atoms with Gasteiger partial charge in [0, 0.05) is 7.05 Å². The minimum absolute atomic E-state index is 0.564. The molecule has 11 heavy (non-hydrogen) atoms. The molecule has 0 fully saturated rings. The number of allylic oxidation sites excluding steroid dienone is 2. The van der Waals surface area contributed by atoms with E-state index >= 15 is 0 Å². The predicted molar refractivity (Wildman–Crippen MR) is 50.9 cm³/mol. The molecule has 0 saturated carbocycles. The smallest absolute Gasteiger partial charge is 0.104 e. The summed E-state index contributed by atoms with van der Waals surface area (Å²) in [7, 11) is 1.75. The van der Waals surface area contributed by atoms with Crippen LogP contribution in [-0.4, -0.2) is 13.8 Å². The number of aliphatic imine (C=N–C) groups is 1. The highest BCUT2D eigenvalue weighted by Gasteiger charge is 1.92. The minimum atomic E-state index is 0.564. The van der Waals surface area contributed by atoms with Gasteiger partial charge in [-0.25, -0.2) is 0 Å². The highest BCUT2D eigenvalue weighted by Crippen LogP contribution is 2.09. The van der Waals surface area contributed by atoms with Crippen molar-refractivity contribution in [1.29, 1.82) is 0 Å². The van der Waals surface area contributed by atoms with Gasteiger partial charge >= 0.3 is 0 Å². The summed E-state index contributed by atoms with van der Waals surface area (Å²) in [5.41, 5.74) is 1.90. The van der Waals surface area contributed by atoms with Crippen molar-refractivity contribution in [2.45, 2.75) is 13.8 Å². The van der Waals surface area contributed by atoms with Gasteiger partial charge in [-0.05, 0) is 26.6 Å². The molecule has 62 valence electrons. The summed E-state index contributed by atoms with van der Waals surface area (Å²) in [6, 6.07) is 0. The molecule has 2 nitrogen and oxygen atoms in total. The van der Waals surface area contributed by atoms with Crippen molar-refractivity contribution in [1.82, 2.24) is 5.32 Å². The van der Waals surface area contributed by atoms with E-state index in [-0.39, 0.29) is 0 Å². The lowest BCUT2D eigenvalue weighted by molar-refractivity contribution is 1.06. The number of nitrogens with one attached hydrogen (secondary N) is 1. The van der Waals surface area contributed by atoms with Gasteiger partial charge in [-0.1, -0.05) is 17.2 Å². The fourth-order valence-corrected chi connectivity index (χ4v) is 0.644. The van der Waals surface area contributed by atoms with Crippen molar-refractivity contribution in [2.24, 2.45) is 4.99 Å². The van der Waals surface area contributed by atoms with Crippen LogP contribution in [0.15, 0.2) is 27.5 Å². The summed E-state index contributed by atoms with van der Waals surface area (Å²) in [4.78, 5) is 3.80. The summed E-state index contributed by atoms with van der Waals surface area (Å²) in [6.07, 6.45) is 1.74. The predicted octanol–water partition coefficient (Wildman–Crippen LogP) is 2.28. The number of rotatable bonds is 3. The standard InChI is InChI=1S/C8H13ClN2/c1-6(2)7(10-3)5-8(9)11-4/h5,11H,3H2,1-2,4H3/b8-5-. The Morgan fingerprint density at radius 1 is 1.55 bits per heavy atom. The van der Waals surface area contributed by atoms with E-state index in [9.17, 15) is 0 Å². The van der Waals surface area contributed by atoms with Gasteiger partial charge in [-0.15, -0.1) is 0 Å². The van der Waals surface area contributed by atoms with Crippen LogP contribution in [0.1, 0.15) is 13.8 Å². The Morgan fingerprint density at radius 3 is 2.36 bits per heavy atom. The minimum Gasteiger partial charge on any atom is -0.379 e. The van der Waals surface area contributed by atoms with Crippen LogP contribution < -0.4 is 5.32 Å². The van der Waals surface area contributed by atoms with E-state index in [1.54, 1.807) is 13.1 Å². The molecule has 0 spiro atoms. The zero-order chi connectivity index (χ0) is 8.85. The van der Waals surface area contributed by atoms with E-state index in [0.717, 1.165) is 11.3 Å². The van der Waals surface area contributed by atoms with Gasteiger partial charge in [-0.3, -0.25) is 4.99 Å². The van der Waals surface area contributed by atoms with E-state index in [2.05, 4.69) is 17.0 Å². The largest absolute Gasteiger partial charge is 0.379 e. The highest BCUT2D eigenvalue weighted by molar-refractivity contribution is 6.29. The normalized spacial score (nSPS) is 10.7. The van der Waals surface area contributed by atoms with Crippen LogP contribution in [0.3, 0.4) is 0 Å². The van der Waals surface area contributed by atoms with Crippen molar-refractivity contribution < 1.29 is 0 Å². The molecule has 0 heterocycles. The number of nitrogens with zero attached hydrogens (tertiary/aromatic N) is 1. The fourth-order valence-electron chi connectivity index (χ4n) is 0.540. The van der Waals surface area contributed by atoms with Crippen LogP contribution in [0.25, 0.3) is 0 Å². The topological polar surface area (TPSA) is 24.4 Å². The third-order valence-electron chi connectivity index (χ3n) is 1.18. The third-order valence-corrected chi connectivity index (χ3v) is 1.48. The Kier molecular flexibility index (Phi) is 4.62. The summed E-state index contributed by atoms with van der Waals surface area (Å²) in [6.45, 7) is 7.35. The maximum atomic E-state index is 5.71. The number of halogens is 1. The van der Waals surface area contributed by atoms with Crippen molar-refractivity contribution in [3.63, 3.8) is 0 Å². The van der Waals surface area contributed by atoms with Crippen molar-refractivity contribution in [3.05, 3.63) is 22.5 Å². The van der Waals surface area contributed by atoms with Gasteiger partial charge in [0.15, 0.2) is 0 Å². The van der Waals surface area contributed by atoms with E-state index in [0.29, 0.717) is 5.16 Å². The van der Waals surface area contributed by atoms with E-state index in [1.807, 2.05) is 13.8 Å². The molecule has 0 saturated heterocycles. The number of hydrogen-bond donors (Lipinski definition) is 1. The summed E-state index contributed by atoms with van der Waals surface area (Å²) in [5.74, 6) is 0.